The molecule has 6 nitrogen and oxygen atoms in total. The van der Waals surface area contributed by atoms with E-state index in [1.54, 1.807) is 30.0 Å². The van der Waals surface area contributed by atoms with Crippen LogP contribution in [0.1, 0.15) is 17.5 Å². The summed E-state index contributed by atoms with van der Waals surface area (Å²) in [5.74, 6) is -0.247. The van der Waals surface area contributed by atoms with E-state index in [1.165, 1.54) is 11.3 Å². The van der Waals surface area contributed by atoms with Gasteiger partial charge in [-0.25, -0.2) is 8.42 Å². The first-order valence-corrected chi connectivity index (χ1v) is 12.9. The number of fused-ring (bicyclic) bond motifs is 1. The number of carbonyl (C=O) groups excluding carboxylic acids is 1. The summed E-state index contributed by atoms with van der Waals surface area (Å²) in [5, 5.41) is 12.2. The minimum absolute atomic E-state index is 0.206. The van der Waals surface area contributed by atoms with Crippen LogP contribution in [0.5, 0.6) is 0 Å². The molecule has 1 amide bonds. The van der Waals surface area contributed by atoms with Gasteiger partial charge in [0, 0.05) is 27.7 Å². The van der Waals surface area contributed by atoms with Gasteiger partial charge in [0.15, 0.2) is 0 Å². The molecule has 0 spiro atoms. The van der Waals surface area contributed by atoms with E-state index in [2.05, 4.69) is 4.72 Å². The van der Waals surface area contributed by atoms with Gasteiger partial charge in [-0.05, 0) is 72.0 Å². The molecule has 10 heteroatoms. The van der Waals surface area contributed by atoms with Crippen molar-refractivity contribution in [2.24, 2.45) is 0 Å². The summed E-state index contributed by atoms with van der Waals surface area (Å²) < 4.78 is 29.7. The van der Waals surface area contributed by atoms with E-state index in [-0.39, 0.29) is 10.1 Å². The quantitative estimate of drug-likeness (QED) is 0.404. The summed E-state index contributed by atoms with van der Waals surface area (Å²) in [6, 6.07) is 11.9. The van der Waals surface area contributed by atoms with Gasteiger partial charge in [0.2, 0.25) is 5.91 Å². The zero-order valence-electron chi connectivity index (χ0n) is 16.5. The number of thiocyanates is 1. The van der Waals surface area contributed by atoms with Crippen molar-refractivity contribution in [3.63, 3.8) is 0 Å². The van der Waals surface area contributed by atoms with Crippen molar-refractivity contribution in [2.75, 3.05) is 6.54 Å². The highest BCUT2D eigenvalue weighted by molar-refractivity contribution is 8.03. The largest absolute Gasteiger partial charge is 0.337 e. The molecule has 4 rings (SSSR count). The van der Waals surface area contributed by atoms with Crippen LogP contribution in [0.2, 0.25) is 5.02 Å². The number of carbonyl (C=O) groups is 1. The van der Waals surface area contributed by atoms with Crippen molar-refractivity contribution in [1.29, 1.82) is 5.26 Å². The molecular formula is C21H18ClN3O3S3. The molecule has 2 heterocycles. The van der Waals surface area contributed by atoms with Crippen molar-refractivity contribution >= 4 is 60.7 Å². The normalized spacial score (nSPS) is 16.7. The fraction of sp³-hybridized carbons (Fsp3) is 0.238. The number of likely N-dealkylation sites (tertiary alicyclic amines) is 1. The van der Waals surface area contributed by atoms with Crippen LogP contribution in [0.15, 0.2) is 51.6 Å². The molecular weight excluding hydrogens is 474 g/mol. The second-order valence-corrected chi connectivity index (χ2v) is 11.5. The van der Waals surface area contributed by atoms with Crippen LogP contribution in [0.25, 0.3) is 10.1 Å². The molecule has 1 aliphatic heterocycles. The first-order chi connectivity index (χ1) is 14.8. The van der Waals surface area contributed by atoms with E-state index >= 15 is 0 Å². The molecule has 1 atom stereocenters. The number of hydrogen-bond acceptors (Lipinski definition) is 6. The number of sulfonamides is 1. The maximum absolute atomic E-state index is 13.1. The Bertz CT molecular complexity index is 1310. The van der Waals surface area contributed by atoms with Crippen molar-refractivity contribution in [1.82, 2.24) is 9.62 Å². The lowest BCUT2D eigenvalue weighted by Gasteiger charge is -2.17. The van der Waals surface area contributed by atoms with E-state index in [9.17, 15) is 13.2 Å². The smallest absolute Gasteiger partial charge is 0.251 e. The van der Waals surface area contributed by atoms with Crippen molar-refractivity contribution in [3.8, 4) is 5.40 Å². The fourth-order valence-corrected chi connectivity index (χ4v) is 7.27. The molecule has 0 saturated carbocycles. The summed E-state index contributed by atoms with van der Waals surface area (Å²) in [7, 11) is -3.85. The average Bonchev–Trinajstić information content (AvgIpc) is 3.23. The lowest BCUT2D eigenvalue weighted by molar-refractivity contribution is -0.129. The lowest BCUT2D eigenvalue weighted by Crippen LogP contribution is -2.41. The molecule has 1 aromatic heterocycles. The molecule has 0 aliphatic carbocycles. The number of nitrogens with one attached hydrogen (secondary N) is 1. The predicted octanol–water partition coefficient (Wildman–Crippen LogP) is 4.52. The zero-order valence-corrected chi connectivity index (χ0v) is 19.7. The Kier molecular flexibility index (Phi) is 6.28. The number of amides is 1. The average molecular weight is 492 g/mol. The number of aryl methyl sites for hydroxylation is 1. The summed E-state index contributed by atoms with van der Waals surface area (Å²) >= 11 is 8.29. The fourth-order valence-electron chi connectivity index (χ4n) is 3.65. The number of rotatable bonds is 6. The molecule has 1 N–H and O–H groups in total. The van der Waals surface area contributed by atoms with E-state index < -0.39 is 16.1 Å². The number of hydrogen-bond donors (Lipinski definition) is 1. The second-order valence-electron chi connectivity index (χ2n) is 7.22. The van der Waals surface area contributed by atoms with Gasteiger partial charge >= 0.3 is 0 Å². The number of nitriles is 1. The minimum Gasteiger partial charge on any atom is -0.337 e. The van der Waals surface area contributed by atoms with Gasteiger partial charge in [-0.15, -0.1) is 11.3 Å². The predicted molar refractivity (Wildman–Crippen MR) is 124 cm³/mol. The van der Waals surface area contributed by atoms with E-state index in [4.69, 9.17) is 16.9 Å². The molecule has 0 bridgehead atoms. The SMILES string of the molecule is Cc1c(S(=O)(=O)N[C@H]2CCN(Cc3cccc(SC#N)c3)C2=O)sc2ccc(Cl)cc12. The highest BCUT2D eigenvalue weighted by Gasteiger charge is 2.36. The van der Waals surface area contributed by atoms with Gasteiger partial charge in [0.25, 0.3) is 10.0 Å². The van der Waals surface area contributed by atoms with E-state index in [0.29, 0.717) is 30.1 Å². The number of thioether (sulfide) groups is 1. The molecule has 1 aliphatic rings. The van der Waals surface area contributed by atoms with Crippen LogP contribution in [-0.4, -0.2) is 31.8 Å². The third-order valence-corrected chi connectivity index (χ3v) is 9.31. The monoisotopic (exact) mass is 491 g/mol. The lowest BCUT2D eigenvalue weighted by atomic mass is 10.2. The summed E-state index contributed by atoms with van der Waals surface area (Å²) in [6.07, 6.45) is 0.403. The first kappa shape index (κ1) is 22.1. The summed E-state index contributed by atoms with van der Waals surface area (Å²) in [4.78, 5) is 15.3. The number of thiophene rings is 1. The Morgan fingerprint density at radius 1 is 1.32 bits per heavy atom. The summed E-state index contributed by atoms with van der Waals surface area (Å²) in [6.45, 7) is 2.58. The van der Waals surface area contributed by atoms with Gasteiger partial charge in [0.1, 0.15) is 15.7 Å². The van der Waals surface area contributed by atoms with Crippen LogP contribution in [0, 0.1) is 17.6 Å². The van der Waals surface area contributed by atoms with Crippen molar-refractivity contribution in [3.05, 3.63) is 58.6 Å². The molecule has 2 aromatic carbocycles. The Morgan fingerprint density at radius 3 is 2.90 bits per heavy atom. The highest BCUT2D eigenvalue weighted by atomic mass is 35.5. The van der Waals surface area contributed by atoms with Crippen LogP contribution in [0.4, 0.5) is 0 Å². The molecule has 3 aromatic rings. The molecule has 160 valence electrons. The van der Waals surface area contributed by atoms with Gasteiger partial charge in [-0.1, -0.05) is 23.7 Å². The van der Waals surface area contributed by atoms with Crippen LogP contribution in [0.3, 0.4) is 0 Å². The maximum atomic E-state index is 13.1. The first-order valence-electron chi connectivity index (χ1n) is 9.43. The maximum Gasteiger partial charge on any atom is 0.251 e. The number of benzene rings is 2. The molecule has 0 unspecified atom stereocenters. The molecule has 0 radical (unpaired) electrons. The van der Waals surface area contributed by atoms with Gasteiger partial charge in [-0.2, -0.15) is 9.98 Å². The third-order valence-electron chi connectivity index (χ3n) is 5.13. The molecule has 1 fully saturated rings. The number of halogens is 1. The molecule has 31 heavy (non-hydrogen) atoms. The van der Waals surface area contributed by atoms with Gasteiger partial charge < -0.3 is 4.90 Å². The van der Waals surface area contributed by atoms with E-state index in [0.717, 1.165) is 32.3 Å². The van der Waals surface area contributed by atoms with Gasteiger partial charge in [-0.3, -0.25) is 4.79 Å². The zero-order chi connectivity index (χ0) is 22.2. The summed E-state index contributed by atoms with van der Waals surface area (Å²) in [5.41, 5.74) is 1.53. The van der Waals surface area contributed by atoms with Crippen LogP contribution < -0.4 is 4.72 Å². The third kappa shape index (κ3) is 4.59. The van der Waals surface area contributed by atoms with Crippen LogP contribution in [-0.2, 0) is 21.4 Å². The Labute approximate surface area is 193 Å². The van der Waals surface area contributed by atoms with Crippen LogP contribution >= 0.6 is 34.7 Å². The number of nitrogens with zero attached hydrogens (tertiary/aromatic N) is 2. The highest BCUT2D eigenvalue weighted by Crippen LogP contribution is 2.35. The standard InChI is InChI=1S/C21H18ClN3O3S3/c1-13-17-10-15(22)5-6-19(17)30-21(13)31(27,28)24-18-7-8-25(20(18)26)11-14-3-2-4-16(9-14)29-12-23/h2-6,9-10,18,24H,7-8,11H2,1H3/t18-/m0/s1. The second kappa shape index (κ2) is 8.81. The van der Waals surface area contributed by atoms with E-state index in [1.807, 2.05) is 29.7 Å². The van der Waals surface area contributed by atoms with Crippen molar-refractivity contribution in [2.45, 2.75) is 35.0 Å². The Balaban J connectivity index is 1.50. The minimum atomic E-state index is -3.85. The van der Waals surface area contributed by atoms with Crippen molar-refractivity contribution < 1.29 is 13.2 Å². The van der Waals surface area contributed by atoms with Gasteiger partial charge in [0.05, 0.1) is 0 Å². The Hall–Kier alpha value is -2.09. The topological polar surface area (TPSA) is 90.3 Å². The Morgan fingerprint density at radius 2 is 2.13 bits per heavy atom. The molecule has 1 saturated heterocycles.